The molecular formula is C9H13ClN2O2. The monoisotopic (exact) mass is 216 g/mol. The van der Waals surface area contributed by atoms with Gasteiger partial charge in [-0.1, -0.05) is 18.5 Å². The highest BCUT2D eigenvalue weighted by Crippen LogP contribution is 2.10. The van der Waals surface area contributed by atoms with Gasteiger partial charge in [-0.2, -0.15) is 0 Å². The summed E-state index contributed by atoms with van der Waals surface area (Å²) in [4.78, 5) is 7.62. The van der Waals surface area contributed by atoms with Crippen LogP contribution in [0.2, 0.25) is 5.15 Å². The quantitative estimate of drug-likeness (QED) is 0.539. The van der Waals surface area contributed by atoms with Gasteiger partial charge in [0.1, 0.15) is 18.1 Å². The summed E-state index contributed by atoms with van der Waals surface area (Å²) in [7, 11) is 0. The highest BCUT2D eigenvalue weighted by atomic mass is 35.5. The molecule has 0 amide bonds. The summed E-state index contributed by atoms with van der Waals surface area (Å²) < 4.78 is 10.5. The highest BCUT2D eigenvalue weighted by Gasteiger charge is 1.96. The van der Waals surface area contributed by atoms with E-state index in [1.807, 2.05) is 0 Å². The molecule has 0 bridgehead atoms. The minimum absolute atomic E-state index is 0.379. The van der Waals surface area contributed by atoms with Crippen LogP contribution in [0.15, 0.2) is 12.4 Å². The third-order valence-corrected chi connectivity index (χ3v) is 1.64. The van der Waals surface area contributed by atoms with E-state index >= 15 is 0 Å². The standard InChI is InChI=1S/C9H13ClN2O2/c1-2-3-13-4-5-14-9-6-8(10)11-7-12-9/h6-7H,2-5H2,1H3. The maximum absolute atomic E-state index is 5.65. The van der Waals surface area contributed by atoms with Crippen molar-refractivity contribution in [1.29, 1.82) is 0 Å². The summed E-state index contributed by atoms with van der Waals surface area (Å²) in [6.45, 7) is 3.86. The molecule has 0 aromatic carbocycles. The highest BCUT2D eigenvalue weighted by molar-refractivity contribution is 6.29. The minimum Gasteiger partial charge on any atom is -0.475 e. The van der Waals surface area contributed by atoms with E-state index in [1.165, 1.54) is 6.33 Å². The van der Waals surface area contributed by atoms with Gasteiger partial charge in [-0.25, -0.2) is 9.97 Å². The van der Waals surface area contributed by atoms with Crippen molar-refractivity contribution in [2.75, 3.05) is 19.8 Å². The van der Waals surface area contributed by atoms with Gasteiger partial charge in [0.15, 0.2) is 0 Å². The Morgan fingerprint density at radius 3 is 2.86 bits per heavy atom. The number of ether oxygens (including phenoxy) is 2. The number of nitrogens with zero attached hydrogens (tertiary/aromatic N) is 2. The largest absolute Gasteiger partial charge is 0.475 e. The van der Waals surface area contributed by atoms with Gasteiger partial charge in [-0.05, 0) is 6.42 Å². The van der Waals surface area contributed by atoms with Crippen LogP contribution in [0.5, 0.6) is 5.88 Å². The van der Waals surface area contributed by atoms with Crippen molar-refractivity contribution in [3.8, 4) is 5.88 Å². The van der Waals surface area contributed by atoms with Crippen LogP contribution >= 0.6 is 11.6 Å². The van der Waals surface area contributed by atoms with Crippen molar-refractivity contribution >= 4 is 11.6 Å². The Morgan fingerprint density at radius 2 is 2.14 bits per heavy atom. The fourth-order valence-electron chi connectivity index (χ4n) is 0.848. The van der Waals surface area contributed by atoms with E-state index in [0.29, 0.717) is 24.2 Å². The van der Waals surface area contributed by atoms with Gasteiger partial charge >= 0.3 is 0 Å². The number of rotatable bonds is 6. The third kappa shape index (κ3) is 4.39. The lowest BCUT2D eigenvalue weighted by Gasteiger charge is -2.04. The van der Waals surface area contributed by atoms with E-state index in [9.17, 15) is 0 Å². The number of halogens is 1. The fourth-order valence-corrected chi connectivity index (χ4v) is 0.985. The Balaban J connectivity index is 2.18. The molecule has 14 heavy (non-hydrogen) atoms. The molecule has 0 aliphatic carbocycles. The first kappa shape index (κ1) is 11.2. The molecule has 0 spiro atoms. The summed E-state index contributed by atoms with van der Waals surface area (Å²) in [6, 6.07) is 1.57. The Hall–Kier alpha value is -0.870. The van der Waals surface area contributed by atoms with Crippen LogP contribution in [0.1, 0.15) is 13.3 Å². The van der Waals surface area contributed by atoms with Crippen LogP contribution < -0.4 is 4.74 Å². The molecule has 0 fully saturated rings. The zero-order valence-corrected chi connectivity index (χ0v) is 8.83. The van der Waals surface area contributed by atoms with Gasteiger partial charge in [0.2, 0.25) is 5.88 Å². The minimum atomic E-state index is 0.379. The van der Waals surface area contributed by atoms with Gasteiger partial charge in [-0.3, -0.25) is 0 Å². The molecule has 0 radical (unpaired) electrons. The second-order valence-electron chi connectivity index (χ2n) is 2.64. The van der Waals surface area contributed by atoms with Crippen molar-refractivity contribution in [3.05, 3.63) is 17.5 Å². The van der Waals surface area contributed by atoms with Gasteiger partial charge < -0.3 is 9.47 Å². The van der Waals surface area contributed by atoms with E-state index in [4.69, 9.17) is 21.1 Å². The summed E-state index contributed by atoms with van der Waals surface area (Å²) in [5.41, 5.74) is 0. The van der Waals surface area contributed by atoms with E-state index in [-0.39, 0.29) is 0 Å². The summed E-state index contributed by atoms with van der Waals surface area (Å²) in [6.07, 6.45) is 2.38. The molecular weight excluding hydrogens is 204 g/mol. The summed E-state index contributed by atoms with van der Waals surface area (Å²) >= 11 is 5.65. The Kier molecular flexibility index (Phi) is 5.25. The molecule has 0 aliphatic heterocycles. The molecule has 0 saturated heterocycles. The normalized spacial score (nSPS) is 10.1. The maximum Gasteiger partial charge on any atom is 0.217 e. The van der Waals surface area contributed by atoms with Crippen LogP contribution in [0.25, 0.3) is 0 Å². The number of aromatic nitrogens is 2. The lowest BCUT2D eigenvalue weighted by Crippen LogP contribution is -2.07. The van der Waals surface area contributed by atoms with Crippen molar-refractivity contribution in [2.24, 2.45) is 0 Å². The van der Waals surface area contributed by atoms with Gasteiger partial charge in [0, 0.05) is 12.7 Å². The van der Waals surface area contributed by atoms with Gasteiger partial charge in [0.05, 0.1) is 6.61 Å². The van der Waals surface area contributed by atoms with Crippen molar-refractivity contribution < 1.29 is 9.47 Å². The smallest absolute Gasteiger partial charge is 0.217 e. The fraction of sp³-hybridized carbons (Fsp3) is 0.556. The summed E-state index contributed by atoms with van der Waals surface area (Å²) in [5.74, 6) is 0.477. The van der Waals surface area contributed by atoms with E-state index in [1.54, 1.807) is 6.07 Å². The topological polar surface area (TPSA) is 44.2 Å². The van der Waals surface area contributed by atoms with Crippen LogP contribution in [0.3, 0.4) is 0 Å². The molecule has 0 unspecified atom stereocenters. The zero-order valence-electron chi connectivity index (χ0n) is 8.07. The van der Waals surface area contributed by atoms with Crippen LogP contribution in [-0.2, 0) is 4.74 Å². The van der Waals surface area contributed by atoms with E-state index in [2.05, 4.69) is 16.9 Å². The molecule has 0 saturated carbocycles. The Morgan fingerprint density at radius 1 is 1.29 bits per heavy atom. The average molecular weight is 217 g/mol. The number of hydrogen-bond acceptors (Lipinski definition) is 4. The molecule has 0 atom stereocenters. The van der Waals surface area contributed by atoms with Crippen molar-refractivity contribution in [2.45, 2.75) is 13.3 Å². The molecule has 1 heterocycles. The van der Waals surface area contributed by atoms with Crippen LogP contribution in [-0.4, -0.2) is 29.8 Å². The van der Waals surface area contributed by atoms with Crippen molar-refractivity contribution in [3.63, 3.8) is 0 Å². The van der Waals surface area contributed by atoms with Gasteiger partial charge in [-0.15, -0.1) is 0 Å². The maximum atomic E-state index is 5.65. The SMILES string of the molecule is CCCOCCOc1cc(Cl)ncn1. The Bertz CT molecular complexity index is 271. The molecule has 0 N–H and O–H groups in total. The lowest BCUT2D eigenvalue weighted by atomic mass is 10.5. The van der Waals surface area contributed by atoms with E-state index < -0.39 is 0 Å². The van der Waals surface area contributed by atoms with Gasteiger partial charge in [0.25, 0.3) is 0 Å². The molecule has 0 aliphatic rings. The average Bonchev–Trinajstić information content (AvgIpc) is 2.18. The number of hydrogen-bond donors (Lipinski definition) is 0. The molecule has 1 aromatic rings. The van der Waals surface area contributed by atoms with Crippen LogP contribution in [0, 0.1) is 0 Å². The predicted octanol–water partition coefficient (Wildman–Crippen LogP) is 1.94. The van der Waals surface area contributed by atoms with Crippen LogP contribution in [0.4, 0.5) is 0 Å². The molecule has 5 heteroatoms. The zero-order chi connectivity index (χ0) is 10.2. The first-order valence-electron chi connectivity index (χ1n) is 4.51. The third-order valence-electron chi connectivity index (χ3n) is 1.43. The first-order valence-corrected chi connectivity index (χ1v) is 4.89. The second-order valence-corrected chi connectivity index (χ2v) is 3.03. The Labute approximate surface area is 88.2 Å². The van der Waals surface area contributed by atoms with E-state index in [0.717, 1.165) is 13.0 Å². The molecule has 4 nitrogen and oxygen atoms in total. The first-order chi connectivity index (χ1) is 6.83. The summed E-state index contributed by atoms with van der Waals surface area (Å²) in [5, 5.41) is 0.379. The molecule has 78 valence electrons. The lowest BCUT2D eigenvalue weighted by molar-refractivity contribution is 0.0989. The predicted molar refractivity (Wildman–Crippen MR) is 53.6 cm³/mol. The van der Waals surface area contributed by atoms with Crippen molar-refractivity contribution in [1.82, 2.24) is 9.97 Å². The molecule has 1 rings (SSSR count). The molecule has 1 aromatic heterocycles. The second kappa shape index (κ2) is 6.56.